The van der Waals surface area contributed by atoms with Gasteiger partial charge in [-0.15, -0.1) is 0 Å². The van der Waals surface area contributed by atoms with Crippen LogP contribution >= 0.6 is 0 Å². The maximum Gasteiger partial charge on any atom is 0.275 e. The van der Waals surface area contributed by atoms with Gasteiger partial charge in [0, 0.05) is 14.1 Å². The number of phenols is 1. The van der Waals surface area contributed by atoms with Crippen LogP contribution in [0.5, 0.6) is 5.75 Å². The van der Waals surface area contributed by atoms with Crippen LogP contribution in [0.4, 0.5) is 0 Å². The second-order valence-corrected chi connectivity index (χ2v) is 5.78. The van der Waals surface area contributed by atoms with Crippen molar-refractivity contribution in [1.29, 1.82) is 0 Å². The molecule has 2 rings (SSSR count). The highest BCUT2D eigenvalue weighted by Crippen LogP contribution is 2.27. The Labute approximate surface area is 150 Å². The summed E-state index contributed by atoms with van der Waals surface area (Å²) in [7, 11) is 2.53. The second kappa shape index (κ2) is 8.30. The number of hydroxylamine groups is 1. The van der Waals surface area contributed by atoms with Crippen molar-refractivity contribution in [1.82, 2.24) is 15.7 Å². The molecule has 1 unspecified atom stereocenters. The SMILES string of the molecule is CNC(=O)C(C(=O)NO)N(C)C(=O)c1ccc(C2=CCCC=C2)cc1O. The van der Waals surface area contributed by atoms with Gasteiger partial charge in [-0.25, -0.2) is 5.48 Å². The van der Waals surface area contributed by atoms with E-state index in [0.717, 1.165) is 28.9 Å². The fourth-order valence-corrected chi connectivity index (χ4v) is 2.70. The molecule has 0 fully saturated rings. The Hall–Kier alpha value is -3.13. The van der Waals surface area contributed by atoms with E-state index in [0.29, 0.717) is 0 Å². The molecule has 4 N–H and O–H groups in total. The number of carbonyl (C=O) groups is 3. The minimum absolute atomic E-state index is 0.0590. The maximum absolute atomic E-state index is 12.6. The summed E-state index contributed by atoms with van der Waals surface area (Å²) in [5, 5.41) is 21.3. The number of amides is 3. The van der Waals surface area contributed by atoms with Gasteiger partial charge >= 0.3 is 0 Å². The largest absolute Gasteiger partial charge is 0.507 e. The van der Waals surface area contributed by atoms with Crippen LogP contribution in [0.2, 0.25) is 0 Å². The third-order valence-corrected chi connectivity index (χ3v) is 4.12. The van der Waals surface area contributed by atoms with E-state index in [-0.39, 0.29) is 11.3 Å². The van der Waals surface area contributed by atoms with Crippen LogP contribution in [0.25, 0.3) is 5.57 Å². The highest BCUT2D eigenvalue weighted by molar-refractivity contribution is 6.09. The van der Waals surface area contributed by atoms with Crippen molar-refractivity contribution in [2.24, 2.45) is 0 Å². The Morgan fingerprint density at radius 2 is 1.92 bits per heavy atom. The molecule has 0 radical (unpaired) electrons. The van der Waals surface area contributed by atoms with E-state index in [2.05, 4.69) is 5.32 Å². The number of aromatic hydroxyl groups is 1. The van der Waals surface area contributed by atoms with Gasteiger partial charge in [-0.3, -0.25) is 19.6 Å². The van der Waals surface area contributed by atoms with Gasteiger partial charge in [0.05, 0.1) is 5.56 Å². The normalized spacial score (nSPS) is 14.2. The number of rotatable bonds is 5. The van der Waals surface area contributed by atoms with Crippen LogP contribution in [0.15, 0.2) is 36.4 Å². The molecule has 138 valence electrons. The Morgan fingerprint density at radius 3 is 2.46 bits per heavy atom. The molecule has 0 bridgehead atoms. The number of allylic oxidation sites excluding steroid dienone is 4. The molecule has 1 aliphatic carbocycles. The first-order valence-corrected chi connectivity index (χ1v) is 8.03. The van der Waals surface area contributed by atoms with E-state index in [4.69, 9.17) is 5.21 Å². The van der Waals surface area contributed by atoms with Gasteiger partial charge in [-0.2, -0.15) is 0 Å². The Bertz CT molecular complexity index is 769. The predicted octanol–water partition coefficient (Wildman–Crippen LogP) is 0.818. The molecule has 0 saturated heterocycles. The number of carbonyl (C=O) groups excluding carboxylic acids is 3. The number of nitrogens with zero attached hydrogens (tertiary/aromatic N) is 1. The lowest BCUT2D eigenvalue weighted by Gasteiger charge is -2.25. The molecule has 0 saturated carbocycles. The lowest BCUT2D eigenvalue weighted by Crippen LogP contribution is -2.54. The van der Waals surface area contributed by atoms with Crippen molar-refractivity contribution < 1.29 is 24.7 Å². The number of hydrogen-bond donors (Lipinski definition) is 4. The average Bonchev–Trinajstić information content (AvgIpc) is 2.67. The second-order valence-electron chi connectivity index (χ2n) is 5.78. The molecule has 0 aliphatic heterocycles. The van der Waals surface area contributed by atoms with Crippen LogP contribution in [0, 0.1) is 0 Å². The summed E-state index contributed by atoms with van der Waals surface area (Å²) in [6.07, 6.45) is 7.88. The van der Waals surface area contributed by atoms with Crippen molar-refractivity contribution in [3.63, 3.8) is 0 Å². The van der Waals surface area contributed by atoms with E-state index in [1.54, 1.807) is 6.07 Å². The number of phenolic OH excluding ortho intramolecular Hbond substituents is 1. The molecule has 0 aromatic heterocycles. The van der Waals surface area contributed by atoms with Gasteiger partial charge in [-0.05, 0) is 36.1 Å². The molecule has 1 aliphatic rings. The van der Waals surface area contributed by atoms with E-state index in [9.17, 15) is 19.5 Å². The molecular weight excluding hydrogens is 338 g/mol. The average molecular weight is 359 g/mol. The fraction of sp³-hybridized carbons (Fsp3) is 0.278. The van der Waals surface area contributed by atoms with Crippen LogP contribution in [-0.2, 0) is 9.59 Å². The summed E-state index contributed by atoms with van der Waals surface area (Å²) in [6, 6.07) is 3.00. The van der Waals surface area contributed by atoms with Crippen molar-refractivity contribution in [2.75, 3.05) is 14.1 Å². The Morgan fingerprint density at radius 1 is 1.19 bits per heavy atom. The summed E-state index contributed by atoms with van der Waals surface area (Å²) in [5.74, 6) is -2.84. The van der Waals surface area contributed by atoms with E-state index >= 15 is 0 Å². The van der Waals surface area contributed by atoms with Gasteiger partial charge in [0.1, 0.15) is 5.75 Å². The molecule has 8 nitrogen and oxygen atoms in total. The number of benzene rings is 1. The molecule has 8 heteroatoms. The molecule has 3 amide bonds. The zero-order valence-corrected chi connectivity index (χ0v) is 14.5. The fourth-order valence-electron chi connectivity index (χ4n) is 2.70. The first-order chi connectivity index (χ1) is 12.4. The number of likely N-dealkylation sites (N-methyl/N-ethyl adjacent to an activating group) is 2. The maximum atomic E-state index is 12.6. The number of hydrogen-bond acceptors (Lipinski definition) is 5. The van der Waals surface area contributed by atoms with Crippen molar-refractivity contribution >= 4 is 23.3 Å². The summed E-state index contributed by atoms with van der Waals surface area (Å²) >= 11 is 0. The molecule has 1 aromatic carbocycles. The lowest BCUT2D eigenvalue weighted by atomic mass is 9.98. The number of nitrogens with one attached hydrogen (secondary N) is 2. The van der Waals surface area contributed by atoms with Gasteiger partial charge in [-0.1, -0.05) is 24.3 Å². The minimum atomic E-state index is -1.58. The quantitative estimate of drug-likeness (QED) is 0.353. The summed E-state index contributed by atoms with van der Waals surface area (Å²) in [5.41, 5.74) is 3.01. The summed E-state index contributed by atoms with van der Waals surface area (Å²) in [6.45, 7) is 0. The highest BCUT2D eigenvalue weighted by atomic mass is 16.5. The molecule has 0 spiro atoms. The van der Waals surface area contributed by atoms with Crippen LogP contribution in [0.1, 0.15) is 28.8 Å². The molecule has 1 aromatic rings. The topological polar surface area (TPSA) is 119 Å². The molecule has 26 heavy (non-hydrogen) atoms. The minimum Gasteiger partial charge on any atom is -0.507 e. The van der Waals surface area contributed by atoms with Crippen LogP contribution < -0.4 is 10.8 Å². The van der Waals surface area contributed by atoms with Gasteiger partial charge < -0.3 is 15.3 Å². The summed E-state index contributed by atoms with van der Waals surface area (Å²) < 4.78 is 0. The molecule has 1 atom stereocenters. The van der Waals surface area contributed by atoms with Crippen LogP contribution in [-0.4, -0.2) is 53.1 Å². The first kappa shape index (κ1) is 19.2. The standard InChI is InChI=1S/C18H21N3O5/c1-19-16(23)15(17(24)20-26)21(2)18(25)13-9-8-12(10-14(13)22)11-6-4-3-5-7-11/h4,6-10,15,22,26H,3,5H2,1-2H3,(H,19,23)(H,20,24). The zero-order valence-electron chi connectivity index (χ0n) is 14.5. The molecule has 0 heterocycles. The van der Waals surface area contributed by atoms with Gasteiger partial charge in [0.15, 0.2) is 6.04 Å². The van der Waals surface area contributed by atoms with Gasteiger partial charge in [0.2, 0.25) is 0 Å². The smallest absolute Gasteiger partial charge is 0.275 e. The predicted molar refractivity (Wildman–Crippen MR) is 94.3 cm³/mol. The molecular formula is C18H21N3O5. The van der Waals surface area contributed by atoms with E-state index < -0.39 is 23.8 Å². The zero-order chi connectivity index (χ0) is 19.3. The van der Waals surface area contributed by atoms with Crippen molar-refractivity contribution in [3.05, 3.63) is 47.6 Å². The van der Waals surface area contributed by atoms with Crippen LogP contribution in [0.3, 0.4) is 0 Å². The lowest BCUT2D eigenvalue weighted by molar-refractivity contribution is -0.140. The third kappa shape index (κ3) is 3.92. The first-order valence-electron chi connectivity index (χ1n) is 8.03. The van der Waals surface area contributed by atoms with E-state index in [1.165, 1.54) is 31.7 Å². The summed E-state index contributed by atoms with van der Waals surface area (Å²) in [4.78, 5) is 37.1. The Kier molecular flexibility index (Phi) is 6.13. The Balaban J connectivity index is 2.30. The highest BCUT2D eigenvalue weighted by Gasteiger charge is 2.34. The van der Waals surface area contributed by atoms with Gasteiger partial charge in [0.25, 0.3) is 17.7 Å². The van der Waals surface area contributed by atoms with E-state index in [1.807, 2.05) is 18.2 Å². The third-order valence-electron chi connectivity index (χ3n) is 4.12. The van der Waals surface area contributed by atoms with Crippen molar-refractivity contribution in [3.8, 4) is 5.75 Å². The monoisotopic (exact) mass is 359 g/mol. The van der Waals surface area contributed by atoms with Crippen molar-refractivity contribution in [2.45, 2.75) is 18.9 Å².